The molecule has 0 unspecified atom stereocenters. The number of likely N-dealkylation sites (N-methyl/N-ethyl adjacent to an activating group) is 1. The van der Waals surface area contributed by atoms with Crippen LogP contribution in [0.1, 0.15) is 29.2 Å². The number of allylic oxidation sites excluding steroid dienone is 2. The molecule has 0 aromatic heterocycles. The van der Waals surface area contributed by atoms with Crippen LogP contribution in [-0.4, -0.2) is 30.6 Å². The maximum absolute atomic E-state index is 9.99. The summed E-state index contributed by atoms with van der Waals surface area (Å²) < 4.78 is 0. The Balaban J connectivity index is 0.000000188. The van der Waals surface area contributed by atoms with Gasteiger partial charge in [-0.05, 0) is 37.2 Å². The minimum atomic E-state index is -0.556. The number of fused-ring (bicyclic) bond motifs is 1. The molecule has 4 aromatic carbocycles. The van der Waals surface area contributed by atoms with Crippen molar-refractivity contribution in [2.75, 3.05) is 20.6 Å². The maximum atomic E-state index is 9.99. The number of hydrogen-bond acceptors (Lipinski definition) is 2. The molecule has 5 heteroatoms. The molecule has 2 nitrogen and oxygen atoms in total. The predicted octanol–water partition coefficient (Wildman–Crippen LogP) is 8.06. The van der Waals surface area contributed by atoms with Crippen LogP contribution in [-0.2, 0) is 17.0 Å². The predicted molar refractivity (Wildman–Crippen MR) is 151 cm³/mol. The third-order valence-electron chi connectivity index (χ3n) is 5.68. The van der Waals surface area contributed by atoms with E-state index in [1.165, 1.54) is 27.5 Å². The van der Waals surface area contributed by atoms with Gasteiger partial charge in [0.1, 0.15) is 6.10 Å². The number of aliphatic hydroxyl groups is 1. The zero-order valence-corrected chi connectivity index (χ0v) is 23.6. The standard InChI is InChI=1S/C18H18N.C13H12O.2ClH.Ti/c1-19(2)13-14-7-8-17(11-14)18-10-9-15-5-3-4-6-16(15)12-18;14-13(11-7-3-1-4-8-11)12-9-5-2-6-10-12;;;/h3-7,9-11H,8,13H2,1-2H3;1-10,13-14H;2*1H;/q-1;;;;+2/p-2. The molecule has 0 heterocycles. The van der Waals surface area contributed by atoms with Crippen LogP contribution in [0, 0.1) is 6.07 Å². The van der Waals surface area contributed by atoms with Crippen molar-refractivity contribution < 1.29 is 22.1 Å². The molecule has 5 rings (SSSR count). The summed E-state index contributed by atoms with van der Waals surface area (Å²) in [6.07, 6.45) is 5.13. The molecule has 0 spiro atoms. The second kappa shape index (κ2) is 15.2. The third-order valence-corrected chi connectivity index (χ3v) is 5.68. The topological polar surface area (TPSA) is 23.5 Å². The van der Waals surface area contributed by atoms with Gasteiger partial charge in [-0.2, -0.15) is 0 Å². The van der Waals surface area contributed by atoms with Gasteiger partial charge in [0, 0.05) is 6.54 Å². The Morgan fingerprint density at radius 2 is 1.39 bits per heavy atom. The number of aliphatic hydroxyl groups excluding tert-OH is 1. The third kappa shape index (κ3) is 8.74. The summed E-state index contributed by atoms with van der Waals surface area (Å²) in [4.78, 5) is 2.20. The van der Waals surface area contributed by atoms with Crippen molar-refractivity contribution in [1.82, 2.24) is 4.90 Å². The molecule has 0 bridgehead atoms. The average molecular weight is 551 g/mol. The van der Waals surface area contributed by atoms with Gasteiger partial charge in [-0.15, -0.1) is 40.8 Å². The van der Waals surface area contributed by atoms with E-state index in [1.807, 2.05) is 60.7 Å². The van der Waals surface area contributed by atoms with E-state index in [4.69, 9.17) is 18.6 Å². The van der Waals surface area contributed by atoms with E-state index in [0.717, 1.165) is 24.1 Å². The van der Waals surface area contributed by atoms with Crippen LogP contribution < -0.4 is 0 Å². The van der Waals surface area contributed by atoms with Crippen LogP contribution in [0.4, 0.5) is 0 Å². The molecule has 0 saturated carbocycles. The van der Waals surface area contributed by atoms with E-state index in [1.54, 1.807) is 0 Å². The molecule has 184 valence electrons. The molecule has 0 amide bonds. The van der Waals surface area contributed by atoms with Gasteiger partial charge in [0.05, 0.1) is 0 Å². The fraction of sp³-hybridized carbons (Fsp3) is 0.161. The first-order valence-electron chi connectivity index (χ1n) is 11.7. The molecule has 1 N–H and O–H groups in total. The normalized spacial score (nSPS) is 12.3. The molecular formula is C31H30Cl2NOTi-. The van der Waals surface area contributed by atoms with Gasteiger partial charge in [0.2, 0.25) is 0 Å². The summed E-state index contributed by atoms with van der Waals surface area (Å²) in [6, 6.07) is 35.6. The number of rotatable bonds is 5. The zero-order valence-electron chi connectivity index (χ0n) is 20.5. The van der Waals surface area contributed by atoms with Crippen molar-refractivity contribution in [3.8, 4) is 0 Å². The van der Waals surface area contributed by atoms with Crippen LogP contribution in [0.3, 0.4) is 0 Å². The Labute approximate surface area is 231 Å². The minimum absolute atomic E-state index is 0.516. The van der Waals surface area contributed by atoms with E-state index in [2.05, 4.69) is 73.6 Å². The molecule has 1 aliphatic rings. The Bertz CT molecular complexity index is 1230. The van der Waals surface area contributed by atoms with Crippen molar-refractivity contribution in [3.63, 3.8) is 0 Å². The van der Waals surface area contributed by atoms with Crippen LogP contribution in [0.25, 0.3) is 16.3 Å². The van der Waals surface area contributed by atoms with Crippen LogP contribution in [0.15, 0.2) is 115 Å². The molecule has 0 fully saturated rings. The van der Waals surface area contributed by atoms with Gasteiger partial charge in [-0.3, -0.25) is 0 Å². The first kappa shape index (κ1) is 28.4. The van der Waals surface area contributed by atoms with Gasteiger partial charge in [-0.1, -0.05) is 96.4 Å². The fourth-order valence-corrected chi connectivity index (χ4v) is 4.01. The van der Waals surface area contributed by atoms with Gasteiger partial charge in [-0.25, -0.2) is 0 Å². The molecule has 1 aliphatic carbocycles. The van der Waals surface area contributed by atoms with Crippen LogP contribution >= 0.6 is 18.6 Å². The van der Waals surface area contributed by atoms with Crippen molar-refractivity contribution in [2.24, 2.45) is 0 Å². The van der Waals surface area contributed by atoms with Gasteiger partial charge in [0.15, 0.2) is 0 Å². The Morgan fingerprint density at radius 3 is 1.97 bits per heavy atom. The monoisotopic (exact) mass is 550 g/mol. The van der Waals surface area contributed by atoms with Crippen molar-refractivity contribution in [3.05, 3.63) is 138 Å². The summed E-state index contributed by atoms with van der Waals surface area (Å²) in [6.45, 7) is 1.01. The molecule has 0 aliphatic heterocycles. The first-order chi connectivity index (χ1) is 17.5. The summed E-state index contributed by atoms with van der Waals surface area (Å²) in [7, 11) is 14.0. The summed E-state index contributed by atoms with van der Waals surface area (Å²) in [5.74, 6) is 0. The number of hydrogen-bond donors (Lipinski definition) is 1. The molecular weight excluding hydrogens is 521 g/mol. The van der Waals surface area contributed by atoms with Gasteiger partial charge in [0.25, 0.3) is 0 Å². The quantitative estimate of drug-likeness (QED) is 0.200. The number of halogens is 2. The van der Waals surface area contributed by atoms with Crippen molar-refractivity contribution in [1.29, 1.82) is 0 Å². The van der Waals surface area contributed by atoms with E-state index in [9.17, 15) is 5.11 Å². The Kier molecular flexibility index (Phi) is 12.0. The fourth-order valence-electron chi connectivity index (χ4n) is 4.01. The second-order valence-corrected chi connectivity index (χ2v) is 11.2. The second-order valence-electron chi connectivity index (χ2n) is 8.65. The zero-order chi connectivity index (χ0) is 25.8. The molecule has 0 radical (unpaired) electrons. The molecule has 4 aromatic rings. The van der Waals surface area contributed by atoms with E-state index in [0.29, 0.717) is 0 Å². The van der Waals surface area contributed by atoms with Crippen LogP contribution in [0.2, 0.25) is 0 Å². The van der Waals surface area contributed by atoms with E-state index in [-0.39, 0.29) is 0 Å². The summed E-state index contributed by atoms with van der Waals surface area (Å²) in [5, 5.41) is 12.4. The number of benzene rings is 4. The molecule has 36 heavy (non-hydrogen) atoms. The number of nitrogens with zero attached hydrogens (tertiary/aromatic N) is 1. The first-order valence-corrected chi connectivity index (χ1v) is 16.0. The van der Waals surface area contributed by atoms with Crippen molar-refractivity contribution >= 4 is 35.0 Å². The van der Waals surface area contributed by atoms with E-state index < -0.39 is 23.1 Å². The van der Waals surface area contributed by atoms with E-state index >= 15 is 0 Å². The van der Waals surface area contributed by atoms with Gasteiger partial charge >= 0.3 is 35.6 Å². The summed E-state index contributed by atoms with van der Waals surface area (Å²) in [5.41, 5.74) is 5.87. The Morgan fingerprint density at radius 1 is 0.833 bits per heavy atom. The Hall–Kier alpha value is -2.17. The average Bonchev–Trinajstić information content (AvgIpc) is 3.38. The summed E-state index contributed by atoms with van der Waals surface area (Å²) >= 11 is -0.556. The van der Waals surface area contributed by atoms with Crippen LogP contribution in [0.5, 0.6) is 0 Å². The van der Waals surface area contributed by atoms with Crippen molar-refractivity contribution in [2.45, 2.75) is 12.5 Å². The molecule has 0 atom stereocenters. The van der Waals surface area contributed by atoms with Gasteiger partial charge < -0.3 is 10.0 Å². The SMILES string of the molecule is CN(C)CC1=CCC(c2[c-]c3ccccc3cc2)=C1.OC(c1ccccc1)c1ccccc1.[Cl][Ti][Cl]. The molecule has 0 saturated heterocycles.